The van der Waals surface area contributed by atoms with E-state index < -0.39 is 6.17 Å². The molecule has 0 unspecified atom stereocenters. The van der Waals surface area contributed by atoms with Crippen molar-refractivity contribution in [2.24, 2.45) is 13.0 Å². The predicted molar refractivity (Wildman–Crippen MR) is 131 cm³/mol. The third-order valence-electron chi connectivity index (χ3n) is 7.89. The lowest BCUT2D eigenvalue weighted by atomic mass is 9.80. The van der Waals surface area contributed by atoms with Crippen molar-refractivity contribution in [1.82, 2.24) is 19.7 Å². The van der Waals surface area contributed by atoms with Crippen LogP contribution in [-0.4, -0.2) is 50.9 Å². The number of carbonyl (C=O) groups is 1. The highest BCUT2D eigenvalue weighted by molar-refractivity contribution is 6.32. The standard InChI is InChI=1S/C26H29ClFN5O/c1-32-12-18(11-30-32)21-9-23(21)26(34)31-25-8-16-6-22(24(27)7-17(16)10-29-25)15-2-4-20(5-3-15)33-13-19(28)14-33/h6-8,10-12,15,19-21,23H,2-5,9,13-14H2,1H3,(H,29,31,34)/t15?,20?,21-,23+/m1/s1. The SMILES string of the molecule is Cn1cc([C@H]2C[C@@H]2C(=O)Nc2cc3cc(C4CCC(N5CC(F)C5)CC4)c(Cl)cc3cn2)cn1. The topological polar surface area (TPSA) is 63.1 Å². The van der Waals surface area contributed by atoms with Crippen LogP contribution in [0.3, 0.4) is 0 Å². The summed E-state index contributed by atoms with van der Waals surface area (Å²) in [5.74, 6) is 1.20. The monoisotopic (exact) mass is 481 g/mol. The van der Waals surface area contributed by atoms with Gasteiger partial charge in [0, 0.05) is 54.9 Å². The first-order valence-electron chi connectivity index (χ1n) is 12.2. The van der Waals surface area contributed by atoms with Crippen molar-refractivity contribution in [1.29, 1.82) is 0 Å². The highest BCUT2D eigenvalue weighted by Crippen LogP contribution is 2.48. The van der Waals surface area contributed by atoms with E-state index in [1.807, 2.05) is 31.6 Å². The molecule has 1 saturated heterocycles. The van der Waals surface area contributed by atoms with Crippen LogP contribution in [0, 0.1) is 5.92 Å². The fourth-order valence-electron chi connectivity index (χ4n) is 5.77. The molecule has 2 aliphatic carbocycles. The summed E-state index contributed by atoms with van der Waals surface area (Å²) in [6, 6.07) is 6.60. The molecule has 3 heterocycles. The highest BCUT2D eigenvalue weighted by atomic mass is 35.5. The fourth-order valence-corrected chi connectivity index (χ4v) is 6.10. The molecular weight excluding hydrogens is 453 g/mol. The number of aryl methyl sites for hydroxylation is 1. The van der Waals surface area contributed by atoms with Crippen LogP contribution in [0.25, 0.3) is 10.8 Å². The van der Waals surface area contributed by atoms with Crippen LogP contribution < -0.4 is 5.32 Å². The third-order valence-corrected chi connectivity index (χ3v) is 8.21. The first-order chi connectivity index (χ1) is 16.4. The number of halogens is 2. The molecule has 3 aromatic rings. The first-order valence-corrected chi connectivity index (χ1v) is 12.6. The minimum Gasteiger partial charge on any atom is -0.310 e. The van der Waals surface area contributed by atoms with Gasteiger partial charge in [-0.25, -0.2) is 9.37 Å². The van der Waals surface area contributed by atoms with Gasteiger partial charge in [-0.15, -0.1) is 0 Å². The van der Waals surface area contributed by atoms with Gasteiger partial charge in [0.1, 0.15) is 12.0 Å². The van der Waals surface area contributed by atoms with Crippen LogP contribution in [0.5, 0.6) is 0 Å². The average Bonchev–Trinajstić information content (AvgIpc) is 3.50. The molecule has 1 N–H and O–H groups in total. The molecule has 1 aliphatic heterocycles. The molecule has 3 aliphatic rings. The Morgan fingerprint density at radius 2 is 1.91 bits per heavy atom. The fraction of sp³-hybridized carbons (Fsp3) is 0.500. The van der Waals surface area contributed by atoms with Crippen LogP contribution >= 0.6 is 11.6 Å². The zero-order valence-corrected chi connectivity index (χ0v) is 20.0. The lowest BCUT2D eigenvalue weighted by Crippen LogP contribution is -2.54. The molecule has 1 aromatic carbocycles. The summed E-state index contributed by atoms with van der Waals surface area (Å²) in [5, 5.41) is 10.00. The molecule has 3 fully saturated rings. The number of hydrogen-bond donors (Lipinski definition) is 1. The van der Waals surface area contributed by atoms with E-state index in [0.717, 1.165) is 53.5 Å². The van der Waals surface area contributed by atoms with Crippen LogP contribution in [0.4, 0.5) is 10.2 Å². The van der Waals surface area contributed by atoms with Crippen molar-refractivity contribution < 1.29 is 9.18 Å². The molecule has 0 spiro atoms. The number of carbonyl (C=O) groups excluding carboxylic acids is 1. The number of likely N-dealkylation sites (tertiary alicyclic amines) is 1. The quantitative estimate of drug-likeness (QED) is 0.554. The van der Waals surface area contributed by atoms with Crippen molar-refractivity contribution in [3.63, 3.8) is 0 Å². The second-order valence-corrected chi connectivity index (χ2v) is 10.6. The summed E-state index contributed by atoms with van der Waals surface area (Å²) in [7, 11) is 1.89. The number of nitrogens with zero attached hydrogens (tertiary/aromatic N) is 4. The van der Waals surface area contributed by atoms with Gasteiger partial charge in [0.25, 0.3) is 0 Å². The summed E-state index contributed by atoms with van der Waals surface area (Å²) >= 11 is 6.68. The lowest BCUT2D eigenvalue weighted by molar-refractivity contribution is -0.117. The molecule has 2 saturated carbocycles. The Kier molecular flexibility index (Phi) is 5.57. The van der Waals surface area contributed by atoms with Crippen molar-refractivity contribution in [3.8, 4) is 0 Å². The number of aromatic nitrogens is 3. The van der Waals surface area contributed by atoms with Crippen molar-refractivity contribution in [2.45, 2.75) is 56.2 Å². The summed E-state index contributed by atoms with van der Waals surface area (Å²) in [5.41, 5.74) is 2.28. The van der Waals surface area contributed by atoms with E-state index in [1.54, 1.807) is 10.9 Å². The first kappa shape index (κ1) is 22.0. The lowest BCUT2D eigenvalue weighted by Gasteiger charge is -2.43. The molecular formula is C26H29ClFN5O. The Morgan fingerprint density at radius 1 is 1.12 bits per heavy atom. The largest absolute Gasteiger partial charge is 0.310 e. The maximum Gasteiger partial charge on any atom is 0.229 e. The molecule has 2 atom stereocenters. The number of rotatable bonds is 5. The normalized spacial score (nSPS) is 27.5. The number of fused-ring (bicyclic) bond motifs is 1. The van der Waals surface area contributed by atoms with E-state index in [9.17, 15) is 9.18 Å². The average molecular weight is 482 g/mol. The van der Waals surface area contributed by atoms with Crippen LogP contribution in [-0.2, 0) is 11.8 Å². The molecule has 2 aromatic heterocycles. The Bertz CT molecular complexity index is 1230. The molecule has 1 amide bonds. The molecule has 6 rings (SSSR count). The predicted octanol–water partition coefficient (Wildman–Crippen LogP) is 5.04. The summed E-state index contributed by atoms with van der Waals surface area (Å²) in [6.45, 7) is 1.19. The molecule has 178 valence electrons. The molecule has 0 bridgehead atoms. The summed E-state index contributed by atoms with van der Waals surface area (Å²) in [6.07, 6.45) is 10.1. The van der Waals surface area contributed by atoms with Gasteiger partial charge in [-0.1, -0.05) is 11.6 Å². The van der Waals surface area contributed by atoms with Crippen molar-refractivity contribution in [2.75, 3.05) is 18.4 Å². The van der Waals surface area contributed by atoms with Crippen LogP contribution in [0.1, 0.15) is 55.1 Å². The Hall–Kier alpha value is -2.51. The number of amides is 1. The van der Waals surface area contributed by atoms with E-state index in [1.165, 1.54) is 5.56 Å². The second-order valence-electron chi connectivity index (χ2n) is 10.2. The van der Waals surface area contributed by atoms with E-state index in [0.29, 0.717) is 30.9 Å². The molecule has 8 heteroatoms. The van der Waals surface area contributed by atoms with E-state index in [2.05, 4.69) is 26.4 Å². The maximum absolute atomic E-state index is 13.2. The van der Waals surface area contributed by atoms with Crippen molar-refractivity contribution in [3.05, 3.63) is 52.9 Å². The smallest absolute Gasteiger partial charge is 0.229 e. The van der Waals surface area contributed by atoms with Crippen LogP contribution in [0.15, 0.2) is 36.8 Å². The van der Waals surface area contributed by atoms with Gasteiger partial charge in [0.05, 0.1) is 6.20 Å². The van der Waals surface area contributed by atoms with Gasteiger partial charge in [0.2, 0.25) is 5.91 Å². The number of anilines is 1. The number of benzene rings is 1. The van der Waals surface area contributed by atoms with Gasteiger partial charge in [-0.3, -0.25) is 14.4 Å². The molecule has 0 radical (unpaired) electrons. The van der Waals surface area contributed by atoms with E-state index in [-0.39, 0.29) is 17.7 Å². The van der Waals surface area contributed by atoms with Gasteiger partial charge < -0.3 is 5.32 Å². The zero-order valence-electron chi connectivity index (χ0n) is 19.3. The van der Waals surface area contributed by atoms with Crippen LogP contribution in [0.2, 0.25) is 5.02 Å². The van der Waals surface area contributed by atoms with Gasteiger partial charge >= 0.3 is 0 Å². The van der Waals surface area contributed by atoms with Crippen molar-refractivity contribution >= 4 is 34.1 Å². The molecule has 6 nitrogen and oxygen atoms in total. The van der Waals surface area contributed by atoms with E-state index in [4.69, 9.17) is 11.6 Å². The second kappa shape index (κ2) is 8.61. The molecule has 34 heavy (non-hydrogen) atoms. The van der Waals surface area contributed by atoms with Gasteiger partial charge in [0.15, 0.2) is 0 Å². The number of nitrogens with one attached hydrogen (secondary N) is 1. The van der Waals surface area contributed by atoms with E-state index >= 15 is 0 Å². The number of pyridine rings is 1. The minimum absolute atomic E-state index is 0.00900. The zero-order chi connectivity index (χ0) is 23.4. The van der Waals surface area contributed by atoms with Gasteiger partial charge in [-0.05, 0) is 78.7 Å². The number of hydrogen-bond acceptors (Lipinski definition) is 4. The Morgan fingerprint density at radius 3 is 2.62 bits per heavy atom. The minimum atomic E-state index is -0.642. The maximum atomic E-state index is 13.2. The highest BCUT2D eigenvalue weighted by Gasteiger charge is 2.44. The summed E-state index contributed by atoms with van der Waals surface area (Å²) in [4.78, 5) is 19.5. The third kappa shape index (κ3) is 4.20. The van der Waals surface area contributed by atoms with Gasteiger partial charge in [-0.2, -0.15) is 5.10 Å². The summed E-state index contributed by atoms with van der Waals surface area (Å²) < 4.78 is 15.0. The number of alkyl halides is 1. The Labute approximate surface area is 203 Å². The Balaban J connectivity index is 1.14.